The number of carbonyl (C=O) groups is 1. The van der Waals surface area contributed by atoms with Crippen LogP contribution in [0.5, 0.6) is 5.75 Å². The van der Waals surface area contributed by atoms with E-state index >= 15 is 0 Å². The van der Waals surface area contributed by atoms with Crippen LogP contribution in [0.15, 0.2) is 40.1 Å². The second-order valence-electron chi connectivity index (χ2n) is 5.32. The summed E-state index contributed by atoms with van der Waals surface area (Å²) in [5, 5.41) is 9.42. The molecule has 1 aromatic rings. The van der Waals surface area contributed by atoms with Crippen LogP contribution in [0.3, 0.4) is 0 Å². The van der Waals surface area contributed by atoms with Crippen molar-refractivity contribution in [1.29, 1.82) is 0 Å². The number of esters is 1. The smallest absolute Gasteiger partial charge is 0.310 e. The van der Waals surface area contributed by atoms with E-state index in [1.165, 1.54) is 18.2 Å². The fraction of sp³-hybridized carbons (Fsp3) is 0.389. The normalized spacial score (nSPS) is 14.0. The summed E-state index contributed by atoms with van der Waals surface area (Å²) >= 11 is 3.25. The Labute approximate surface area is 150 Å². The average Bonchev–Trinajstić information content (AvgIpc) is 2.49. The minimum Gasteiger partial charge on any atom is -0.511 e. The summed E-state index contributed by atoms with van der Waals surface area (Å²) in [6.07, 6.45) is 1.36. The van der Waals surface area contributed by atoms with Crippen molar-refractivity contribution >= 4 is 21.9 Å². The molecule has 0 aliphatic carbocycles. The molecule has 1 rings (SSSR count). The largest absolute Gasteiger partial charge is 0.511 e. The summed E-state index contributed by atoms with van der Waals surface area (Å²) in [5.74, 6) is -0.395. The number of hydrogen-bond donors (Lipinski definition) is 1. The highest BCUT2D eigenvalue weighted by Gasteiger charge is 2.15. The van der Waals surface area contributed by atoms with Gasteiger partial charge in [0, 0.05) is 11.6 Å². The molecule has 132 valence electrons. The second-order valence-corrected chi connectivity index (χ2v) is 6.17. The summed E-state index contributed by atoms with van der Waals surface area (Å²) in [6, 6.07) is 4.05. The van der Waals surface area contributed by atoms with Crippen molar-refractivity contribution in [3.63, 3.8) is 0 Å². The number of ether oxygens (including phenoxy) is 2. The van der Waals surface area contributed by atoms with Gasteiger partial charge in [-0.2, -0.15) is 0 Å². The lowest BCUT2D eigenvalue weighted by Gasteiger charge is -2.18. The molecular weight excluding hydrogens is 379 g/mol. The number of halogens is 2. The van der Waals surface area contributed by atoms with E-state index in [2.05, 4.69) is 15.9 Å². The molecule has 0 aliphatic rings. The zero-order valence-corrected chi connectivity index (χ0v) is 15.8. The Kier molecular flexibility index (Phi) is 7.98. The van der Waals surface area contributed by atoms with Gasteiger partial charge in [-0.3, -0.25) is 4.79 Å². The molecule has 24 heavy (non-hydrogen) atoms. The molecule has 1 N–H and O–H groups in total. The van der Waals surface area contributed by atoms with Crippen molar-refractivity contribution in [2.24, 2.45) is 0 Å². The molecule has 1 aromatic carbocycles. The Morgan fingerprint density at radius 1 is 1.42 bits per heavy atom. The van der Waals surface area contributed by atoms with Crippen molar-refractivity contribution in [1.82, 2.24) is 0 Å². The number of allylic oxidation sites excluding steroid dienone is 3. The summed E-state index contributed by atoms with van der Waals surface area (Å²) < 4.78 is 24.8. The fourth-order valence-corrected chi connectivity index (χ4v) is 2.22. The highest BCUT2D eigenvalue weighted by Crippen LogP contribution is 2.25. The Morgan fingerprint density at radius 2 is 2.08 bits per heavy atom. The molecule has 0 saturated carbocycles. The van der Waals surface area contributed by atoms with E-state index in [1.54, 1.807) is 26.8 Å². The van der Waals surface area contributed by atoms with Crippen molar-refractivity contribution in [2.45, 2.75) is 40.2 Å². The van der Waals surface area contributed by atoms with E-state index in [4.69, 9.17) is 9.47 Å². The first-order valence-electron chi connectivity index (χ1n) is 7.58. The number of rotatable bonds is 7. The summed E-state index contributed by atoms with van der Waals surface area (Å²) in [7, 11) is 0. The number of carbonyl (C=O) groups excluding carboxylic acids is 1. The van der Waals surface area contributed by atoms with Crippen LogP contribution in [-0.4, -0.2) is 23.8 Å². The van der Waals surface area contributed by atoms with Crippen LogP contribution in [0.25, 0.3) is 0 Å². The van der Waals surface area contributed by atoms with E-state index in [-0.39, 0.29) is 24.9 Å². The maximum atomic E-state index is 13.5. The number of aliphatic hydroxyl groups is 1. The maximum Gasteiger partial charge on any atom is 0.310 e. The molecule has 0 saturated heterocycles. The second kappa shape index (κ2) is 9.47. The molecule has 0 fully saturated rings. The molecular formula is C18H22BrFO4. The summed E-state index contributed by atoms with van der Waals surface area (Å²) in [4.78, 5) is 11.7. The van der Waals surface area contributed by atoms with Gasteiger partial charge in [0.1, 0.15) is 23.4 Å². The van der Waals surface area contributed by atoms with Gasteiger partial charge in [0.25, 0.3) is 0 Å². The molecule has 0 radical (unpaired) electrons. The Bertz CT molecular complexity index is 648. The SMILES string of the molecule is CCOC(=O)Cc1ccc(F)cc1OC(C)/C(C)=C/C(Br)=C(\C)O. The van der Waals surface area contributed by atoms with Gasteiger partial charge < -0.3 is 14.6 Å². The van der Waals surface area contributed by atoms with E-state index in [9.17, 15) is 14.3 Å². The number of aliphatic hydroxyl groups excluding tert-OH is 1. The van der Waals surface area contributed by atoms with E-state index in [0.29, 0.717) is 15.8 Å². The molecule has 1 unspecified atom stereocenters. The zero-order valence-electron chi connectivity index (χ0n) is 14.2. The fourth-order valence-electron chi connectivity index (χ4n) is 1.86. The van der Waals surface area contributed by atoms with Gasteiger partial charge in [0.05, 0.1) is 17.5 Å². The van der Waals surface area contributed by atoms with Crippen LogP contribution < -0.4 is 4.74 Å². The first kappa shape index (κ1) is 20.2. The van der Waals surface area contributed by atoms with Gasteiger partial charge in [-0.05, 0) is 61.3 Å². The molecule has 4 nitrogen and oxygen atoms in total. The molecule has 1 atom stereocenters. The zero-order chi connectivity index (χ0) is 18.3. The molecule has 0 spiro atoms. The molecule has 0 aromatic heterocycles. The van der Waals surface area contributed by atoms with Crippen molar-refractivity contribution in [3.05, 3.63) is 51.5 Å². The lowest BCUT2D eigenvalue weighted by Crippen LogP contribution is -2.16. The highest BCUT2D eigenvalue weighted by atomic mass is 79.9. The van der Waals surface area contributed by atoms with Gasteiger partial charge in [-0.15, -0.1) is 0 Å². The maximum absolute atomic E-state index is 13.5. The number of benzene rings is 1. The molecule has 0 amide bonds. The quantitative estimate of drug-likeness (QED) is 0.404. The summed E-state index contributed by atoms with van der Waals surface area (Å²) in [6.45, 7) is 7.21. The minimum atomic E-state index is -0.446. The van der Waals surface area contributed by atoms with Crippen LogP contribution in [0.1, 0.15) is 33.3 Å². The predicted molar refractivity (Wildman–Crippen MR) is 94.8 cm³/mol. The lowest BCUT2D eigenvalue weighted by molar-refractivity contribution is -0.142. The number of hydrogen-bond acceptors (Lipinski definition) is 4. The third-order valence-corrected chi connectivity index (χ3v) is 4.12. The molecule has 0 heterocycles. The van der Waals surface area contributed by atoms with E-state index in [1.807, 2.05) is 6.92 Å². The molecule has 6 heteroatoms. The Balaban J connectivity index is 2.99. The van der Waals surface area contributed by atoms with Crippen LogP contribution in [0, 0.1) is 5.82 Å². The Morgan fingerprint density at radius 3 is 2.67 bits per heavy atom. The van der Waals surface area contributed by atoms with Crippen molar-refractivity contribution in [2.75, 3.05) is 6.61 Å². The lowest BCUT2D eigenvalue weighted by atomic mass is 10.1. The van der Waals surface area contributed by atoms with Gasteiger partial charge >= 0.3 is 5.97 Å². The monoisotopic (exact) mass is 400 g/mol. The summed E-state index contributed by atoms with van der Waals surface area (Å²) in [5.41, 5.74) is 1.38. The van der Waals surface area contributed by atoms with E-state index in [0.717, 1.165) is 5.57 Å². The standard InChI is InChI=1S/C18H22BrFO4/c1-5-23-18(22)9-14-6-7-15(20)10-17(14)24-13(4)11(2)8-16(19)12(3)21/h6-8,10,13,21H,5,9H2,1-4H3/b11-8+,16-12-. The topological polar surface area (TPSA) is 55.8 Å². The minimum absolute atomic E-state index is 0.0122. The van der Waals surface area contributed by atoms with Gasteiger partial charge in [-0.1, -0.05) is 6.07 Å². The van der Waals surface area contributed by atoms with Gasteiger partial charge in [0.2, 0.25) is 0 Å². The Hall–Kier alpha value is -1.82. The first-order chi connectivity index (χ1) is 11.2. The van der Waals surface area contributed by atoms with Crippen LogP contribution in [0.4, 0.5) is 4.39 Å². The van der Waals surface area contributed by atoms with Crippen LogP contribution >= 0.6 is 15.9 Å². The van der Waals surface area contributed by atoms with Gasteiger partial charge in [-0.25, -0.2) is 4.39 Å². The molecule has 0 aliphatic heterocycles. The van der Waals surface area contributed by atoms with Crippen molar-refractivity contribution in [3.8, 4) is 5.75 Å². The predicted octanol–water partition coefficient (Wildman–Crippen LogP) is 4.83. The average molecular weight is 401 g/mol. The highest BCUT2D eigenvalue weighted by molar-refractivity contribution is 9.11. The molecule has 0 bridgehead atoms. The third-order valence-electron chi connectivity index (χ3n) is 3.31. The van der Waals surface area contributed by atoms with Crippen LogP contribution in [-0.2, 0) is 16.0 Å². The van der Waals surface area contributed by atoms with Crippen molar-refractivity contribution < 1.29 is 23.8 Å². The van der Waals surface area contributed by atoms with E-state index < -0.39 is 11.8 Å². The van der Waals surface area contributed by atoms with Gasteiger partial charge in [0.15, 0.2) is 0 Å². The first-order valence-corrected chi connectivity index (χ1v) is 8.38. The third kappa shape index (κ3) is 6.35. The van der Waals surface area contributed by atoms with Crippen LogP contribution in [0.2, 0.25) is 0 Å².